The molecule has 0 heterocycles. The first-order valence-corrected chi connectivity index (χ1v) is 5.20. The molecular weight excluding hydrogens is 214 g/mol. The zero-order valence-electron chi connectivity index (χ0n) is 9.08. The summed E-state index contributed by atoms with van der Waals surface area (Å²) in [7, 11) is 0. The van der Waals surface area contributed by atoms with Gasteiger partial charge in [0.2, 0.25) is 11.8 Å². The van der Waals surface area contributed by atoms with Crippen LogP contribution in [-0.4, -0.2) is 11.2 Å². The van der Waals surface area contributed by atoms with E-state index in [0.717, 1.165) is 0 Å². The molecule has 0 amide bonds. The summed E-state index contributed by atoms with van der Waals surface area (Å²) in [4.78, 5) is 14.1. The molecule has 2 rings (SSSR count). The SMILES string of the molecule is O=C=NC(O)(c1ccccc1)c1ccccc1. The van der Waals surface area contributed by atoms with Gasteiger partial charge in [0, 0.05) is 11.1 Å². The van der Waals surface area contributed by atoms with Crippen molar-refractivity contribution in [1.29, 1.82) is 0 Å². The van der Waals surface area contributed by atoms with Crippen LogP contribution in [0.2, 0.25) is 0 Å². The second-order valence-corrected chi connectivity index (χ2v) is 3.61. The van der Waals surface area contributed by atoms with Crippen LogP contribution in [0.15, 0.2) is 65.7 Å². The summed E-state index contributed by atoms with van der Waals surface area (Å²) < 4.78 is 0. The Morgan fingerprint density at radius 3 is 1.65 bits per heavy atom. The number of hydrogen-bond donors (Lipinski definition) is 1. The summed E-state index contributed by atoms with van der Waals surface area (Å²) in [5, 5.41) is 10.5. The van der Waals surface area contributed by atoms with E-state index in [-0.39, 0.29) is 0 Å². The highest BCUT2D eigenvalue weighted by molar-refractivity contribution is 5.42. The molecule has 0 spiro atoms. The number of hydrogen-bond acceptors (Lipinski definition) is 3. The Hall–Kier alpha value is -2.22. The Labute approximate surface area is 99.1 Å². The largest absolute Gasteiger partial charge is 0.361 e. The fourth-order valence-electron chi connectivity index (χ4n) is 1.70. The Bertz CT molecular complexity index is 491. The van der Waals surface area contributed by atoms with Gasteiger partial charge in [-0.2, -0.15) is 4.99 Å². The number of nitrogens with zero attached hydrogens (tertiary/aromatic N) is 1. The number of aliphatic imine (C=N–C) groups is 1. The van der Waals surface area contributed by atoms with Gasteiger partial charge in [0.1, 0.15) is 0 Å². The second-order valence-electron chi connectivity index (χ2n) is 3.61. The average Bonchev–Trinajstić information content (AvgIpc) is 2.41. The third kappa shape index (κ3) is 2.16. The van der Waals surface area contributed by atoms with E-state index < -0.39 is 5.72 Å². The van der Waals surface area contributed by atoms with E-state index in [4.69, 9.17) is 0 Å². The van der Waals surface area contributed by atoms with Gasteiger partial charge in [0.15, 0.2) is 0 Å². The van der Waals surface area contributed by atoms with E-state index in [1.165, 1.54) is 6.08 Å². The molecule has 0 bridgehead atoms. The summed E-state index contributed by atoms with van der Waals surface area (Å²) in [6, 6.07) is 17.7. The fourth-order valence-corrected chi connectivity index (χ4v) is 1.70. The fraction of sp³-hybridized carbons (Fsp3) is 0.0714. The smallest absolute Gasteiger partial charge is 0.238 e. The molecule has 0 aliphatic heterocycles. The van der Waals surface area contributed by atoms with Gasteiger partial charge in [-0.05, 0) is 0 Å². The van der Waals surface area contributed by atoms with Crippen molar-refractivity contribution in [2.24, 2.45) is 4.99 Å². The van der Waals surface area contributed by atoms with E-state index >= 15 is 0 Å². The highest BCUT2D eigenvalue weighted by atomic mass is 16.3. The van der Waals surface area contributed by atoms with Crippen LogP contribution < -0.4 is 0 Å². The van der Waals surface area contributed by atoms with Crippen molar-refractivity contribution in [2.75, 3.05) is 0 Å². The molecule has 3 heteroatoms. The number of isocyanates is 1. The lowest BCUT2D eigenvalue weighted by Crippen LogP contribution is -2.24. The van der Waals surface area contributed by atoms with Crippen LogP contribution >= 0.6 is 0 Å². The summed E-state index contributed by atoms with van der Waals surface area (Å²) in [5.74, 6) is 0. The number of carbonyl (C=O) groups excluding carboxylic acids is 1. The van der Waals surface area contributed by atoms with E-state index in [2.05, 4.69) is 4.99 Å². The van der Waals surface area contributed by atoms with Gasteiger partial charge in [-0.3, -0.25) is 0 Å². The van der Waals surface area contributed by atoms with Gasteiger partial charge in [-0.25, -0.2) is 4.79 Å². The van der Waals surface area contributed by atoms with Crippen molar-refractivity contribution in [2.45, 2.75) is 5.72 Å². The molecule has 2 aromatic carbocycles. The molecule has 84 valence electrons. The zero-order chi connectivity index (χ0) is 12.1. The van der Waals surface area contributed by atoms with Crippen molar-refractivity contribution in [3.8, 4) is 0 Å². The molecule has 17 heavy (non-hydrogen) atoms. The minimum Gasteiger partial charge on any atom is -0.361 e. The first kappa shape index (κ1) is 11.3. The molecule has 0 saturated heterocycles. The summed E-state index contributed by atoms with van der Waals surface area (Å²) in [6.07, 6.45) is 1.43. The van der Waals surface area contributed by atoms with Crippen molar-refractivity contribution in [3.63, 3.8) is 0 Å². The topological polar surface area (TPSA) is 49.7 Å². The van der Waals surface area contributed by atoms with Crippen LogP contribution in [0.5, 0.6) is 0 Å². The predicted molar refractivity (Wildman–Crippen MR) is 64.0 cm³/mol. The maximum Gasteiger partial charge on any atom is 0.238 e. The number of benzene rings is 2. The normalized spacial score (nSPS) is 10.6. The van der Waals surface area contributed by atoms with Crippen molar-refractivity contribution < 1.29 is 9.90 Å². The third-order valence-corrected chi connectivity index (χ3v) is 2.56. The minimum atomic E-state index is -1.66. The first-order chi connectivity index (χ1) is 8.27. The van der Waals surface area contributed by atoms with Gasteiger partial charge in [0.25, 0.3) is 0 Å². The molecule has 0 saturated carbocycles. The number of aliphatic hydroxyl groups is 1. The molecule has 3 nitrogen and oxygen atoms in total. The van der Waals surface area contributed by atoms with Crippen molar-refractivity contribution in [3.05, 3.63) is 71.8 Å². The maximum atomic E-state index is 10.5. The molecule has 0 atom stereocenters. The lowest BCUT2D eigenvalue weighted by molar-refractivity contribution is 0.0911. The molecule has 0 unspecified atom stereocenters. The quantitative estimate of drug-likeness (QED) is 0.643. The van der Waals surface area contributed by atoms with Crippen LogP contribution in [0.3, 0.4) is 0 Å². The van der Waals surface area contributed by atoms with E-state index in [0.29, 0.717) is 11.1 Å². The van der Waals surface area contributed by atoms with Crippen LogP contribution in [-0.2, 0) is 10.5 Å². The van der Waals surface area contributed by atoms with Crippen LogP contribution in [0, 0.1) is 0 Å². The van der Waals surface area contributed by atoms with Gasteiger partial charge in [-0.1, -0.05) is 60.7 Å². The van der Waals surface area contributed by atoms with E-state index in [1.54, 1.807) is 48.5 Å². The van der Waals surface area contributed by atoms with Crippen LogP contribution in [0.25, 0.3) is 0 Å². The Kier molecular flexibility index (Phi) is 3.15. The number of rotatable bonds is 3. The molecule has 0 aliphatic rings. The second kappa shape index (κ2) is 4.74. The Balaban J connectivity index is 2.59. The molecule has 0 aliphatic carbocycles. The molecule has 0 radical (unpaired) electrons. The highest BCUT2D eigenvalue weighted by Gasteiger charge is 2.30. The average molecular weight is 225 g/mol. The summed E-state index contributed by atoms with van der Waals surface area (Å²) >= 11 is 0. The van der Waals surface area contributed by atoms with Crippen molar-refractivity contribution >= 4 is 6.08 Å². The summed E-state index contributed by atoms with van der Waals surface area (Å²) in [6.45, 7) is 0. The van der Waals surface area contributed by atoms with Gasteiger partial charge < -0.3 is 5.11 Å². The monoisotopic (exact) mass is 225 g/mol. The lowest BCUT2D eigenvalue weighted by Gasteiger charge is -2.22. The van der Waals surface area contributed by atoms with Crippen molar-refractivity contribution in [1.82, 2.24) is 0 Å². The summed E-state index contributed by atoms with van der Waals surface area (Å²) in [5.41, 5.74) is -0.589. The Morgan fingerprint density at radius 2 is 1.29 bits per heavy atom. The lowest BCUT2D eigenvalue weighted by atomic mass is 9.95. The predicted octanol–water partition coefficient (Wildman–Crippen LogP) is 2.22. The molecule has 0 aromatic heterocycles. The zero-order valence-corrected chi connectivity index (χ0v) is 9.08. The van der Waals surface area contributed by atoms with Gasteiger partial charge in [0.05, 0.1) is 0 Å². The molecule has 2 aromatic rings. The highest BCUT2D eigenvalue weighted by Crippen LogP contribution is 2.30. The van der Waals surface area contributed by atoms with Gasteiger partial charge >= 0.3 is 0 Å². The van der Waals surface area contributed by atoms with Gasteiger partial charge in [-0.15, -0.1) is 0 Å². The maximum absolute atomic E-state index is 10.5. The van der Waals surface area contributed by atoms with E-state index in [9.17, 15) is 9.90 Å². The molecular formula is C14H11NO2. The molecule has 0 fully saturated rings. The Morgan fingerprint density at radius 1 is 0.882 bits per heavy atom. The van der Waals surface area contributed by atoms with Crippen LogP contribution in [0.1, 0.15) is 11.1 Å². The van der Waals surface area contributed by atoms with E-state index in [1.807, 2.05) is 12.1 Å². The molecule has 1 N–H and O–H groups in total. The third-order valence-electron chi connectivity index (χ3n) is 2.56. The van der Waals surface area contributed by atoms with Crippen LogP contribution in [0.4, 0.5) is 0 Å². The first-order valence-electron chi connectivity index (χ1n) is 5.20. The standard InChI is InChI=1S/C14H11NO2/c16-11-15-14(17,12-7-3-1-4-8-12)13-9-5-2-6-10-13/h1-10,17H. The minimum absolute atomic E-state index is 0.537.